The van der Waals surface area contributed by atoms with Crippen molar-refractivity contribution in [1.29, 1.82) is 0 Å². The van der Waals surface area contributed by atoms with Crippen molar-refractivity contribution in [2.45, 2.75) is 52.9 Å². The zero-order valence-electron chi connectivity index (χ0n) is 17.5. The van der Waals surface area contributed by atoms with Gasteiger partial charge in [-0.3, -0.25) is 14.5 Å². The summed E-state index contributed by atoms with van der Waals surface area (Å²) in [7, 11) is 0. The molecule has 6 heteroatoms. The van der Waals surface area contributed by atoms with Gasteiger partial charge >= 0.3 is 0 Å². The number of aliphatic hydroxyl groups excluding tert-OH is 1. The van der Waals surface area contributed by atoms with E-state index in [4.69, 9.17) is 4.74 Å². The van der Waals surface area contributed by atoms with Crippen LogP contribution in [0.15, 0.2) is 30.5 Å². The summed E-state index contributed by atoms with van der Waals surface area (Å²) in [4.78, 5) is 5.00. The molecule has 1 fully saturated rings. The Hall–Kier alpha value is -1.89. The number of nitrogens with zero attached hydrogens (tertiary/aromatic N) is 4. The van der Waals surface area contributed by atoms with Crippen molar-refractivity contribution in [2.75, 3.05) is 32.8 Å². The fourth-order valence-electron chi connectivity index (χ4n) is 3.94. The number of benzene rings is 1. The lowest BCUT2D eigenvalue weighted by Gasteiger charge is -2.41. The number of hydrogen-bond acceptors (Lipinski definition) is 5. The van der Waals surface area contributed by atoms with E-state index in [1.165, 1.54) is 11.1 Å². The van der Waals surface area contributed by atoms with Crippen molar-refractivity contribution in [3.63, 3.8) is 0 Å². The van der Waals surface area contributed by atoms with Crippen LogP contribution in [0.4, 0.5) is 0 Å². The molecule has 2 heterocycles. The third kappa shape index (κ3) is 5.34. The summed E-state index contributed by atoms with van der Waals surface area (Å²) in [6.45, 7) is 12.9. The second-order valence-corrected chi connectivity index (χ2v) is 7.54. The van der Waals surface area contributed by atoms with E-state index < -0.39 is 0 Å². The Morgan fingerprint density at radius 3 is 2.57 bits per heavy atom. The molecule has 0 bridgehead atoms. The number of aliphatic hydroxyl groups is 1. The monoisotopic (exact) mass is 386 g/mol. The van der Waals surface area contributed by atoms with Crippen molar-refractivity contribution in [1.82, 2.24) is 19.6 Å². The number of aryl methyl sites for hydroxylation is 2. The Balaban J connectivity index is 1.60. The molecule has 1 atom stereocenters. The lowest BCUT2D eigenvalue weighted by atomic mass is 10.1. The number of aromatic nitrogens is 2. The van der Waals surface area contributed by atoms with E-state index in [0.29, 0.717) is 12.6 Å². The molecule has 6 nitrogen and oxygen atoms in total. The van der Waals surface area contributed by atoms with Crippen molar-refractivity contribution >= 4 is 0 Å². The third-order valence-corrected chi connectivity index (χ3v) is 5.54. The molecule has 1 saturated heterocycles. The summed E-state index contributed by atoms with van der Waals surface area (Å²) >= 11 is 0. The van der Waals surface area contributed by atoms with Gasteiger partial charge in [-0.05, 0) is 44.9 Å². The van der Waals surface area contributed by atoms with E-state index in [2.05, 4.69) is 47.1 Å². The minimum atomic E-state index is 0.227. The average molecular weight is 387 g/mol. The van der Waals surface area contributed by atoms with Crippen molar-refractivity contribution < 1.29 is 9.84 Å². The van der Waals surface area contributed by atoms with Gasteiger partial charge in [-0.15, -0.1) is 0 Å². The molecule has 1 aliphatic rings. The predicted molar refractivity (Wildman–Crippen MR) is 111 cm³/mol. The molecule has 1 N–H and O–H groups in total. The predicted octanol–water partition coefficient (Wildman–Crippen LogP) is 2.68. The van der Waals surface area contributed by atoms with Gasteiger partial charge in [0.15, 0.2) is 0 Å². The highest BCUT2D eigenvalue weighted by Gasteiger charge is 2.27. The number of rotatable bonds is 9. The van der Waals surface area contributed by atoms with E-state index in [9.17, 15) is 5.11 Å². The van der Waals surface area contributed by atoms with Gasteiger partial charge in [0.2, 0.25) is 0 Å². The first kappa shape index (κ1) is 20.8. The standard InChI is InChI=1S/C22H34N4O2/c1-4-26-16-20(18(3)23-26)15-24-11-12-25(21(17-24)10-13-27)14-19-6-8-22(9-7-19)28-5-2/h6-9,16,21,27H,4-5,10-15,17H2,1-3H3. The zero-order valence-corrected chi connectivity index (χ0v) is 17.5. The molecule has 1 aromatic heterocycles. The quantitative estimate of drug-likeness (QED) is 0.718. The Kier molecular flexibility index (Phi) is 7.48. The van der Waals surface area contributed by atoms with Crippen LogP contribution >= 0.6 is 0 Å². The Morgan fingerprint density at radius 2 is 1.93 bits per heavy atom. The fourth-order valence-corrected chi connectivity index (χ4v) is 3.94. The molecule has 3 rings (SSSR count). The van der Waals surface area contributed by atoms with E-state index in [-0.39, 0.29) is 6.61 Å². The first-order valence-corrected chi connectivity index (χ1v) is 10.4. The fraction of sp³-hybridized carbons (Fsp3) is 0.591. The Bertz CT molecular complexity index is 729. The first-order chi connectivity index (χ1) is 13.6. The molecule has 0 saturated carbocycles. The smallest absolute Gasteiger partial charge is 0.119 e. The average Bonchev–Trinajstić information content (AvgIpc) is 3.05. The summed E-state index contributed by atoms with van der Waals surface area (Å²) in [5.41, 5.74) is 3.72. The highest BCUT2D eigenvalue weighted by atomic mass is 16.5. The van der Waals surface area contributed by atoms with Crippen LogP contribution in [-0.4, -0.2) is 63.6 Å². The van der Waals surface area contributed by atoms with Crippen LogP contribution in [0.25, 0.3) is 0 Å². The maximum absolute atomic E-state index is 9.58. The lowest BCUT2D eigenvalue weighted by Crippen LogP contribution is -2.52. The van der Waals surface area contributed by atoms with Crippen LogP contribution in [0.1, 0.15) is 37.1 Å². The molecule has 1 aromatic carbocycles. The van der Waals surface area contributed by atoms with Gasteiger partial charge in [0, 0.05) is 63.7 Å². The van der Waals surface area contributed by atoms with E-state index >= 15 is 0 Å². The summed E-state index contributed by atoms with van der Waals surface area (Å²) in [6.07, 6.45) is 2.98. The molecule has 0 radical (unpaired) electrons. The van der Waals surface area contributed by atoms with Crippen LogP contribution < -0.4 is 4.74 Å². The van der Waals surface area contributed by atoms with Gasteiger partial charge in [0.1, 0.15) is 5.75 Å². The van der Waals surface area contributed by atoms with Crippen LogP contribution in [-0.2, 0) is 19.6 Å². The van der Waals surface area contributed by atoms with Crippen molar-refractivity contribution in [2.24, 2.45) is 0 Å². The summed E-state index contributed by atoms with van der Waals surface area (Å²) in [5, 5.41) is 14.1. The Morgan fingerprint density at radius 1 is 1.14 bits per heavy atom. The topological polar surface area (TPSA) is 53.8 Å². The maximum Gasteiger partial charge on any atom is 0.119 e. The van der Waals surface area contributed by atoms with Crippen LogP contribution in [0, 0.1) is 6.92 Å². The van der Waals surface area contributed by atoms with E-state index in [1.807, 2.05) is 23.7 Å². The normalized spacial score (nSPS) is 18.5. The van der Waals surface area contributed by atoms with Crippen molar-refractivity contribution in [3.8, 4) is 5.75 Å². The minimum absolute atomic E-state index is 0.227. The SMILES string of the molecule is CCOc1ccc(CN2CCN(Cc3cn(CC)nc3C)CC2CCO)cc1. The molecule has 28 heavy (non-hydrogen) atoms. The first-order valence-electron chi connectivity index (χ1n) is 10.4. The molecule has 154 valence electrons. The second-order valence-electron chi connectivity index (χ2n) is 7.54. The third-order valence-electron chi connectivity index (χ3n) is 5.54. The summed E-state index contributed by atoms with van der Waals surface area (Å²) in [5.74, 6) is 0.922. The van der Waals surface area contributed by atoms with Crippen LogP contribution in [0.3, 0.4) is 0 Å². The Labute approximate surface area is 168 Å². The van der Waals surface area contributed by atoms with Gasteiger partial charge in [-0.1, -0.05) is 12.1 Å². The van der Waals surface area contributed by atoms with E-state index in [1.54, 1.807) is 0 Å². The van der Waals surface area contributed by atoms with Crippen LogP contribution in [0.5, 0.6) is 5.75 Å². The molecule has 0 spiro atoms. The van der Waals surface area contributed by atoms with Gasteiger partial charge in [-0.25, -0.2) is 0 Å². The zero-order chi connectivity index (χ0) is 19.9. The van der Waals surface area contributed by atoms with Gasteiger partial charge in [0.05, 0.1) is 12.3 Å². The molecule has 1 unspecified atom stereocenters. The minimum Gasteiger partial charge on any atom is -0.494 e. The largest absolute Gasteiger partial charge is 0.494 e. The molecular formula is C22H34N4O2. The second kappa shape index (κ2) is 10.0. The number of piperazine rings is 1. The molecule has 1 aliphatic heterocycles. The van der Waals surface area contributed by atoms with E-state index in [0.717, 1.165) is 57.1 Å². The highest BCUT2D eigenvalue weighted by Crippen LogP contribution is 2.20. The van der Waals surface area contributed by atoms with Gasteiger partial charge < -0.3 is 9.84 Å². The highest BCUT2D eigenvalue weighted by molar-refractivity contribution is 5.27. The number of ether oxygens (including phenoxy) is 1. The van der Waals surface area contributed by atoms with Crippen molar-refractivity contribution in [3.05, 3.63) is 47.3 Å². The molecule has 0 aliphatic carbocycles. The van der Waals surface area contributed by atoms with Crippen LogP contribution in [0.2, 0.25) is 0 Å². The molecule has 0 amide bonds. The molecular weight excluding hydrogens is 352 g/mol. The summed E-state index contributed by atoms with van der Waals surface area (Å²) < 4.78 is 7.55. The number of hydrogen-bond donors (Lipinski definition) is 1. The summed E-state index contributed by atoms with van der Waals surface area (Å²) in [6, 6.07) is 8.76. The lowest BCUT2D eigenvalue weighted by molar-refractivity contribution is 0.0499. The maximum atomic E-state index is 9.58. The molecule has 2 aromatic rings. The van der Waals surface area contributed by atoms with Gasteiger partial charge in [-0.2, -0.15) is 5.10 Å². The van der Waals surface area contributed by atoms with Gasteiger partial charge in [0.25, 0.3) is 0 Å².